The molecule has 0 aromatic carbocycles. The largest absolute Gasteiger partial charge is 0.323 e. The van der Waals surface area contributed by atoms with Gasteiger partial charge in [0.2, 0.25) is 0 Å². The number of hydrogen-bond acceptors (Lipinski definition) is 2. The lowest BCUT2D eigenvalue weighted by Crippen LogP contribution is -2.07. The van der Waals surface area contributed by atoms with Crippen molar-refractivity contribution in [3.8, 4) is 0 Å². The highest BCUT2D eigenvalue weighted by Crippen LogP contribution is 2.29. The zero-order valence-electron chi connectivity index (χ0n) is 6.92. The van der Waals surface area contributed by atoms with Gasteiger partial charge in [-0.1, -0.05) is 13.3 Å². The van der Waals surface area contributed by atoms with Gasteiger partial charge in [0.15, 0.2) is 0 Å². The van der Waals surface area contributed by atoms with Crippen LogP contribution in [0, 0.1) is 0 Å². The lowest BCUT2D eigenvalue weighted by molar-refractivity contribution is 0.646. The molecule has 0 fully saturated rings. The minimum Gasteiger partial charge on any atom is -0.323 e. The summed E-state index contributed by atoms with van der Waals surface area (Å²) in [6.45, 7) is 2.15. The lowest BCUT2D eigenvalue weighted by atomic mass is 10.1. The third-order valence-electron chi connectivity index (χ3n) is 1.58. The zero-order chi connectivity index (χ0) is 8.27. The lowest BCUT2D eigenvalue weighted by Gasteiger charge is -2.07. The van der Waals surface area contributed by atoms with Crippen LogP contribution in [0.4, 0.5) is 0 Å². The molecule has 4 heteroatoms. The SMILES string of the molecule is CCC[C@H](N)c1sccc1Br.Cl. The number of hydrogen-bond donors (Lipinski definition) is 1. The van der Waals surface area contributed by atoms with Gasteiger partial charge in [-0.25, -0.2) is 0 Å². The molecule has 1 heterocycles. The van der Waals surface area contributed by atoms with E-state index in [1.54, 1.807) is 11.3 Å². The minimum atomic E-state index is 0. The molecule has 1 nitrogen and oxygen atoms in total. The Morgan fingerprint density at radius 3 is 2.75 bits per heavy atom. The molecule has 0 saturated carbocycles. The van der Waals surface area contributed by atoms with E-state index in [9.17, 15) is 0 Å². The van der Waals surface area contributed by atoms with Gasteiger partial charge >= 0.3 is 0 Å². The minimum absolute atomic E-state index is 0. The molecule has 1 atom stereocenters. The summed E-state index contributed by atoms with van der Waals surface area (Å²) in [5.41, 5.74) is 5.93. The summed E-state index contributed by atoms with van der Waals surface area (Å²) < 4.78 is 1.16. The maximum Gasteiger partial charge on any atom is 0.0401 e. The first kappa shape index (κ1) is 12.4. The third-order valence-corrected chi connectivity index (χ3v) is 3.58. The van der Waals surface area contributed by atoms with E-state index in [-0.39, 0.29) is 18.4 Å². The Kier molecular flexibility index (Phi) is 6.19. The Morgan fingerprint density at radius 1 is 1.67 bits per heavy atom. The van der Waals surface area contributed by atoms with Crippen molar-refractivity contribution in [2.24, 2.45) is 5.73 Å². The molecule has 2 N–H and O–H groups in total. The predicted octanol–water partition coefficient (Wildman–Crippen LogP) is 3.73. The van der Waals surface area contributed by atoms with Crippen LogP contribution in [-0.2, 0) is 0 Å². The van der Waals surface area contributed by atoms with Crippen molar-refractivity contribution in [3.05, 3.63) is 20.8 Å². The molecular weight excluding hydrogens is 258 g/mol. The van der Waals surface area contributed by atoms with E-state index in [1.165, 1.54) is 4.88 Å². The van der Waals surface area contributed by atoms with Crippen LogP contribution in [0.1, 0.15) is 30.7 Å². The molecule has 1 rings (SSSR count). The van der Waals surface area contributed by atoms with E-state index in [2.05, 4.69) is 34.3 Å². The van der Waals surface area contributed by atoms with Gasteiger partial charge in [-0.15, -0.1) is 23.7 Å². The molecule has 0 bridgehead atoms. The van der Waals surface area contributed by atoms with Gasteiger partial charge in [-0.2, -0.15) is 0 Å². The average molecular weight is 271 g/mol. The maximum absolute atomic E-state index is 5.93. The monoisotopic (exact) mass is 269 g/mol. The average Bonchev–Trinajstić information content (AvgIpc) is 2.36. The quantitative estimate of drug-likeness (QED) is 0.890. The second kappa shape index (κ2) is 5.97. The summed E-state index contributed by atoms with van der Waals surface area (Å²) in [6, 6.07) is 2.27. The topological polar surface area (TPSA) is 26.0 Å². The van der Waals surface area contributed by atoms with Gasteiger partial charge < -0.3 is 5.73 Å². The summed E-state index contributed by atoms with van der Waals surface area (Å²) in [7, 11) is 0. The standard InChI is InChI=1S/C8H12BrNS.ClH/c1-2-3-7(10)8-6(9)4-5-11-8;/h4-5,7H,2-3,10H2,1H3;1H/t7-;/m0./s1. The Morgan fingerprint density at radius 2 is 2.33 bits per heavy atom. The first-order chi connectivity index (χ1) is 5.25. The molecule has 0 unspecified atom stereocenters. The second-order valence-electron chi connectivity index (χ2n) is 2.53. The van der Waals surface area contributed by atoms with Gasteiger partial charge in [0, 0.05) is 15.4 Å². The molecular formula is C8H13BrClNS. The van der Waals surface area contributed by atoms with Crippen LogP contribution in [-0.4, -0.2) is 0 Å². The second-order valence-corrected chi connectivity index (χ2v) is 4.33. The molecule has 0 aliphatic heterocycles. The third kappa shape index (κ3) is 3.05. The van der Waals surface area contributed by atoms with Crippen LogP contribution < -0.4 is 5.73 Å². The Bertz CT molecular complexity index is 227. The van der Waals surface area contributed by atoms with Crippen molar-refractivity contribution in [1.82, 2.24) is 0 Å². The zero-order valence-corrected chi connectivity index (χ0v) is 10.1. The summed E-state index contributed by atoms with van der Waals surface area (Å²) >= 11 is 5.19. The Balaban J connectivity index is 0.00000121. The summed E-state index contributed by atoms with van der Waals surface area (Å²) in [5, 5.41) is 2.06. The van der Waals surface area contributed by atoms with Crippen molar-refractivity contribution in [2.45, 2.75) is 25.8 Å². The summed E-state index contributed by atoms with van der Waals surface area (Å²) in [6.07, 6.45) is 2.21. The normalized spacial score (nSPS) is 12.2. The van der Waals surface area contributed by atoms with Gasteiger partial charge in [-0.3, -0.25) is 0 Å². The van der Waals surface area contributed by atoms with E-state index in [0.29, 0.717) is 0 Å². The Labute approximate surface area is 91.9 Å². The van der Waals surface area contributed by atoms with Gasteiger partial charge in [0.1, 0.15) is 0 Å². The maximum atomic E-state index is 5.93. The van der Waals surface area contributed by atoms with Crippen LogP contribution in [0.5, 0.6) is 0 Å². The van der Waals surface area contributed by atoms with E-state index < -0.39 is 0 Å². The number of nitrogens with two attached hydrogens (primary N) is 1. The van der Waals surface area contributed by atoms with Crippen molar-refractivity contribution in [1.29, 1.82) is 0 Å². The van der Waals surface area contributed by atoms with Crippen molar-refractivity contribution >= 4 is 39.7 Å². The molecule has 0 spiro atoms. The van der Waals surface area contributed by atoms with Crippen LogP contribution >= 0.6 is 39.7 Å². The predicted molar refractivity (Wildman–Crippen MR) is 61.1 cm³/mol. The summed E-state index contributed by atoms with van der Waals surface area (Å²) in [4.78, 5) is 1.27. The van der Waals surface area contributed by atoms with Crippen molar-refractivity contribution in [3.63, 3.8) is 0 Å². The number of halogens is 2. The van der Waals surface area contributed by atoms with Crippen LogP contribution in [0.3, 0.4) is 0 Å². The van der Waals surface area contributed by atoms with Crippen LogP contribution in [0.25, 0.3) is 0 Å². The smallest absolute Gasteiger partial charge is 0.0401 e. The highest BCUT2D eigenvalue weighted by molar-refractivity contribution is 9.10. The first-order valence-electron chi connectivity index (χ1n) is 3.74. The molecule has 1 aromatic heterocycles. The van der Waals surface area contributed by atoms with Gasteiger partial charge in [0.25, 0.3) is 0 Å². The van der Waals surface area contributed by atoms with Gasteiger partial charge in [0.05, 0.1) is 0 Å². The number of thiophene rings is 1. The molecule has 0 aliphatic rings. The van der Waals surface area contributed by atoms with E-state index >= 15 is 0 Å². The fraction of sp³-hybridized carbons (Fsp3) is 0.500. The van der Waals surface area contributed by atoms with E-state index in [1.807, 2.05) is 0 Å². The van der Waals surface area contributed by atoms with Crippen LogP contribution in [0.15, 0.2) is 15.9 Å². The van der Waals surface area contributed by atoms with Crippen molar-refractivity contribution in [2.75, 3.05) is 0 Å². The Hall–Kier alpha value is 0.430. The molecule has 12 heavy (non-hydrogen) atoms. The molecule has 70 valence electrons. The number of rotatable bonds is 3. The highest BCUT2D eigenvalue weighted by Gasteiger charge is 2.09. The molecule has 0 amide bonds. The van der Waals surface area contributed by atoms with Gasteiger partial charge in [-0.05, 0) is 33.8 Å². The highest BCUT2D eigenvalue weighted by atomic mass is 79.9. The molecule has 0 aliphatic carbocycles. The van der Waals surface area contributed by atoms with Crippen LogP contribution in [0.2, 0.25) is 0 Å². The molecule has 1 aromatic rings. The fourth-order valence-corrected chi connectivity index (χ4v) is 2.72. The molecule has 0 radical (unpaired) electrons. The van der Waals surface area contributed by atoms with E-state index in [4.69, 9.17) is 5.73 Å². The molecule has 0 saturated heterocycles. The first-order valence-corrected chi connectivity index (χ1v) is 5.41. The fourth-order valence-electron chi connectivity index (χ4n) is 1.01. The van der Waals surface area contributed by atoms with Crippen molar-refractivity contribution < 1.29 is 0 Å². The van der Waals surface area contributed by atoms with E-state index in [0.717, 1.165) is 17.3 Å². The summed E-state index contributed by atoms with van der Waals surface area (Å²) in [5.74, 6) is 0.